The lowest BCUT2D eigenvalue weighted by atomic mass is 9.94. The van der Waals surface area contributed by atoms with Crippen LogP contribution in [0, 0.1) is 5.92 Å². The van der Waals surface area contributed by atoms with Crippen molar-refractivity contribution >= 4 is 0 Å². The fraction of sp³-hybridized carbons (Fsp3) is 1.00. The lowest BCUT2D eigenvalue weighted by Crippen LogP contribution is -2.42. The zero-order chi connectivity index (χ0) is 12.4. The van der Waals surface area contributed by atoms with Crippen molar-refractivity contribution in [3.05, 3.63) is 0 Å². The molecule has 0 radical (unpaired) electrons. The molecule has 0 aromatic carbocycles. The molecule has 0 aromatic heterocycles. The number of hydrogen-bond donors (Lipinski definition) is 1. The van der Waals surface area contributed by atoms with E-state index in [1.165, 1.54) is 19.3 Å². The van der Waals surface area contributed by atoms with E-state index in [9.17, 15) is 0 Å². The van der Waals surface area contributed by atoms with Crippen molar-refractivity contribution in [3.8, 4) is 0 Å². The molecule has 3 unspecified atom stereocenters. The molecule has 0 fully saturated rings. The second-order valence-electron chi connectivity index (χ2n) is 4.71. The number of hydrogen-bond acceptors (Lipinski definition) is 2. The fourth-order valence-electron chi connectivity index (χ4n) is 2.03. The zero-order valence-electron chi connectivity index (χ0n) is 11.9. The minimum absolute atomic E-state index is 0.380. The summed E-state index contributed by atoms with van der Waals surface area (Å²) in [5.41, 5.74) is 0. The van der Waals surface area contributed by atoms with Gasteiger partial charge in [0.15, 0.2) is 0 Å². The molecule has 98 valence electrons. The van der Waals surface area contributed by atoms with Crippen molar-refractivity contribution < 1.29 is 4.74 Å². The molecule has 0 saturated heterocycles. The van der Waals surface area contributed by atoms with E-state index in [1.54, 1.807) is 0 Å². The van der Waals surface area contributed by atoms with E-state index in [2.05, 4.69) is 39.9 Å². The predicted octanol–water partition coefficient (Wildman–Crippen LogP) is 3.61. The van der Waals surface area contributed by atoms with Gasteiger partial charge in [0, 0.05) is 12.6 Å². The van der Waals surface area contributed by atoms with Gasteiger partial charge < -0.3 is 10.1 Å². The van der Waals surface area contributed by atoms with Crippen LogP contribution in [0.1, 0.15) is 60.3 Å². The Labute approximate surface area is 102 Å². The molecule has 2 heteroatoms. The molecule has 0 heterocycles. The minimum Gasteiger partial charge on any atom is -0.377 e. The first-order valence-corrected chi connectivity index (χ1v) is 7.04. The molecule has 0 aliphatic carbocycles. The summed E-state index contributed by atoms with van der Waals surface area (Å²) in [6.07, 6.45) is 5.16. The highest BCUT2D eigenvalue weighted by molar-refractivity contribution is 4.78. The molecule has 0 bridgehead atoms. The molecule has 0 aromatic rings. The molecule has 2 nitrogen and oxygen atoms in total. The molecule has 0 amide bonds. The van der Waals surface area contributed by atoms with Crippen LogP contribution >= 0.6 is 0 Å². The summed E-state index contributed by atoms with van der Waals surface area (Å²) in [6, 6.07) is 0.528. The summed E-state index contributed by atoms with van der Waals surface area (Å²) in [4.78, 5) is 0. The third kappa shape index (κ3) is 6.49. The summed E-state index contributed by atoms with van der Waals surface area (Å²) >= 11 is 0. The van der Waals surface area contributed by atoms with Crippen LogP contribution in [0.2, 0.25) is 0 Å². The van der Waals surface area contributed by atoms with Gasteiger partial charge in [0.25, 0.3) is 0 Å². The molecular formula is C14H31NO. The normalized spacial score (nSPS) is 17.1. The highest BCUT2D eigenvalue weighted by atomic mass is 16.5. The Balaban J connectivity index is 4.24. The highest BCUT2D eigenvalue weighted by Gasteiger charge is 2.21. The minimum atomic E-state index is 0.380. The lowest BCUT2D eigenvalue weighted by Gasteiger charge is -2.29. The molecule has 0 saturated carbocycles. The van der Waals surface area contributed by atoms with Gasteiger partial charge in [0.1, 0.15) is 0 Å². The van der Waals surface area contributed by atoms with Gasteiger partial charge in [-0.25, -0.2) is 0 Å². The van der Waals surface area contributed by atoms with Crippen molar-refractivity contribution in [2.24, 2.45) is 5.92 Å². The van der Waals surface area contributed by atoms with Gasteiger partial charge >= 0.3 is 0 Å². The third-order valence-electron chi connectivity index (χ3n) is 3.24. The van der Waals surface area contributed by atoms with Gasteiger partial charge in [0.05, 0.1) is 6.10 Å². The van der Waals surface area contributed by atoms with E-state index in [4.69, 9.17) is 4.74 Å². The maximum Gasteiger partial charge on any atom is 0.0725 e. The van der Waals surface area contributed by atoms with Crippen LogP contribution in [-0.4, -0.2) is 25.3 Å². The van der Waals surface area contributed by atoms with E-state index in [0.29, 0.717) is 12.1 Å². The maximum absolute atomic E-state index is 5.83. The summed E-state index contributed by atoms with van der Waals surface area (Å²) in [6.45, 7) is 13.0. The van der Waals surface area contributed by atoms with E-state index in [0.717, 1.165) is 25.5 Å². The van der Waals surface area contributed by atoms with Crippen molar-refractivity contribution in [1.82, 2.24) is 5.32 Å². The topological polar surface area (TPSA) is 21.3 Å². The molecule has 0 aliphatic heterocycles. The Bertz CT molecular complexity index is 150. The zero-order valence-corrected chi connectivity index (χ0v) is 11.9. The number of nitrogens with one attached hydrogen (secondary N) is 1. The average molecular weight is 229 g/mol. The summed E-state index contributed by atoms with van der Waals surface area (Å²) < 4.78 is 5.83. The fourth-order valence-corrected chi connectivity index (χ4v) is 2.03. The van der Waals surface area contributed by atoms with Crippen molar-refractivity contribution in [3.63, 3.8) is 0 Å². The molecule has 1 N–H and O–H groups in total. The van der Waals surface area contributed by atoms with Crippen LogP contribution in [0.4, 0.5) is 0 Å². The molecule has 0 aliphatic rings. The molecule has 3 atom stereocenters. The Morgan fingerprint density at radius 2 is 1.75 bits per heavy atom. The van der Waals surface area contributed by atoms with Crippen LogP contribution in [0.25, 0.3) is 0 Å². The Morgan fingerprint density at radius 1 is 1.06 bits per heavy atom. The average Bonchev–Trinajstić information content (AvgIpc) is 2.31. The van der Waals surface area contributed by atoms with Crippen molar-refractivity contribution in [1.29, 1.82) is 0 Å². The van der Waals surface area contributed by atoms with Gasteiger partial charge in [-0.15, -0.1) is 0 Å². The Kier molecular flexibility index (Phi) is 10.0. The first-order chi connectivity index (χ1) is 7.69. The van der Waals surface area contributed by atoms with Crippen LogP contribution in [0.5, 0.6) is 0 Å². The standard InChI is InChI=1S/C14H31NO/c1-6-10-15-13(11-12(5)7-2)14(8-3)16-9-4/h12-15H,6-11H2,1-5H3. The van der Waals surface area contributed by atoms with Gasteiger partial charge in [-0.1, -0.05) is 34.1 Å². The predicted molar refractivity (Wildman–Crippen MR) is 71.9 cm³/mol. The molecule has 16 heavy (non-hydrogen) atoms. The largest absolute Gasteiger partial charge is 0.377 e. The Morgan fingerprint density at radius 3 is 2.19 bits per heavy atom. The Hall–Kier alpha value is -0.0800. The summed E-state index contributed by atoms with van der Waals surface area (Å²) in [7, 11) is 0. The van der Waals surface area contributed by atoms with Gasteiger partial charge in [-0.05, 0) is 38.6 Å². The highest BCUT2D eigenvalue weighted by Crippen LogP contribution is 2.16. The van der Waals surface area contributed by atoms with Gasteiger partial charge in [-0.2, -0.15) is 0 Å². The summed E-state index contributed by atoms with van der Waals surface area (Å²) in [5.74, 6) is 0.781. The second kappa shape index (κ2) is 10.1. The first-order valence-electron chi connectivity index (χ1n) is 7.04. The van der Waals surface area contributed by atoms with Crippen LogP contribution in [0.3, 0.4) is 0 Å². The van der Waals surface area contributed by atoms with Crippen LogP contribution < -0.4 is 5.32 Å². The van der Waals surface area contributed by atoms with Crippen LogP contribution in [-0.2, 0) is 4.74 Å². The SMILES string of the molecule is CCCNC(CC(C)CC)C(CC)OCC. The van der Waals surface area contributed by atoms with E-state index < -0.39 is 0 Å². The lowest BCUT2D eigenvalue weighted by molar-refractivity contribution is 0.0257. The number of ether oxygens (including phenoxy) is 1. The third-order valence-corrected chi connectivity index (χ3v) is 3.24. The van der Waals surface area contributed by atoms with Gasteiger partial charge in [0.2, 0.25) is 0 Å². The van der Waals surface area contributed by atoms with Crippen molar-refractivity contribution in [2.45, 2.75) is 72.4 Å². The monoisotopic (exact) mass is 229 g/mol. The van der Waals surface area contributed by atoms with E-state index in [-0.39, 0.29) is 0 Å². The molecular weight excluding hydrogens is 198 g/mol. The maximum atomic E-state index is 5.83. The van der Waals surface area contributed by atoms with Crippen molar-refractivity contribution in [2.75, 3.05) is 13.2 Å². The molecule has 0 rings (SSSR count). The smallest absolute Gasteiger partial charge is 0.0725 e. The quantitative estimate of drug-likeness (QED) is 0.618. The first kappa shape index (κ1) is 15.9. The van der Waals surface area contributed by atoms with E-state index >= 15 is 0 Å². The van der Waals surface area contributed by atoms with Gasteiger partial charge in [-0.3, -0.25) is 0 Å². The number of rotatable bonds is 10. The molecule has 0 spiro atoms. The summed E-state index contributed by atoms with van der Waals surface area (Å²) in [5, 5.41) is 3.65. The van der Waals surface area contributed by atoms with Crippen LogP contribution in [0.15, 0.2) is 0 Å². The van der Waals surface area contributed by atoms with E-state index in [1.807, 2.05) is 0 Å². The second-order valence-corrected chi connectivity index (χ2v) is 4.71.